The van der Waals surface area contributed by atoms with E-state index in [0.29, 0.717) is 12.4 Å². The number of aromatic nitrogens is 5. The van der Waals surface area contributed by atoms with Crippen LogP contribution in [0.25, 0.3) is 0 Å². The summed E-state index contributed by atoms with van der Waals surface area (Å²) in [5.41, 5.74) is 2.56. The van der Waals surface area contributed by atoms with Crippen LogP contribution in [0.1, 0.15) is 25.0 Å². The van der Waals surface area contributed by atoms with Gasteiger partial charge >= 0.3 is 0 Å². The molecule has 4 N–H and O–H groups in total. The van der Waals surface area contributed by atoms with Gasteiger partial charge < -0.3 is 10.7 Å². The number of aryl methyl sites for hydroxylation is 2. The number of rotatable bonds is 7. The summed E-state index contributed by atoms with van der Waals surface area (Å²) >= 11 is 0. The van der Waals surface area contributed by atoms with Crippen LogP contribution < -0.4 is 16.6 Å². The maximum atomic E-state index is 5.42. The fraction of sp³-hybridized carbons (Fsp3) is 0.500. The highest BCUT2D eigenvalue weighted by atomic mass is 15.3. The molecule has 0 atom stereocenters. The summed E-state index contributed by atoms with van der Waals surface area (Å²) in [6, 6.07) is 1.78. The van der Waals surface area contributed by atoms with Gasteiger partial charge in [-0.15, -0.1) is 0 Å². The molecule has 0 saturated heterocycles. The van der Waals surface area contributed by atoms with Gasteiger partial charge in [0.25, 0.3) is 0 Å². The lowest BCUT2D eigenvalue weighted by Gasteiger charge is -2.08. The van der Waals surface area contributed by atoms with E-state index in [4.69, 9.17) is 5.84 Å². The summed E-state index contributed by atoms with van der Waals surface area (Å²) in [6.45, 7) is 2.79. The molecule has 2 aromatic rings. The van der Waals surface area contributed by atoms with Crippen molar-refractivity contribution >= 4 is 11.6 Å². The number of nitrogens with zero attached hydrogens (tertiary/aromatic N) is 5. The minimum absolute atomic E-state index is 0.613. The number of hydrazine groups is 1. The van der Waals surface area contributed by atoms with Crippen molar-refractivity contribution in [3.63, 3.8) is 0 Å². The highest BCUT2D eigenvalue weighted by Crippen LogP contribution is 2.11. The number of hydrogen-bond acceptors (Lipinski definition) is 7. The number of nitrogens with one attached hydrogen (secondary N) is 2. The number of hydrogen-bond donors (Lipinski definition) is 3. The zero-order valence-corrected chi connectivity index (χ0v) is 11.8. The summed E-state index contributed by atoms with van der Waals surface area (Å²) < 4.78 is 1.69. The first-order chi connectivity index (χ1) is 9.71. The maximum Gasteiger partial charge on any atom is 0.152 e. The lowest BCUT2D eigenvalue weighted by molar-refractivity contribution is 0.741. The van der Waals surface area contributed by atoms with Gasteiger partial charge in [-0.2, -0.15) is 5.10 Å². The van der Waals surface area contributed by atoms with Crippen LogP contribution in [0, 0.1) is 0 Å². The van der Waals surface area contributed by atoms with Crippen LogP contribution in [0.15, 0.2) is 12.4 Å². The van der Waals surface area contributed by atoms with Crippen molar-refractivity contribution in [2.24, 2.45) is 12.9 Å². The molecule has 0 radical (unpaired) electrons. The number of anilines is 2. The van der Waals surface area contributed by atoms with E-state index in [1.54, 1.807) is 17.1 Å². The highest BCUT2D eigenvalue weighted by Gasteiger charge is 2.04. The normalized spacial score (nSPS) is 10.6. The molecule has 8 heteroatoms. The van der Waals surface area contributed by atoms with Crippen molar-refractivity contribution in [3.8, 4) is 0 Å². The topological polar surface area (TPSA) is 107 Å². The van der Waals surface area contributed by atoms with Crippen molar-refractivity contribution in [2.75, 3.05) is 17.3 Å². The van der Waals surface area contributed by atoms with Crippen LogP contribution in [0.5, 0.6) is 0 Å². The molecule has 0 aromatic carbocycles. The molecule has 2 rings (SSSR count). The van der Waals surface area contributed by atoms with Gasteiger partial charge in [0, 0.05) is 32.5 Å². The zero-order chi connectivity index (χ0) is 14.4. The minimum atomic E-state index is 0.613. The Morgan fingerprint density at radius 1 is 1.20 bits per heavy atom. The van der Waals surface area contributed by atoms with Gasteiger partial charge in [-0.3, -0.25) is 4.68 Å². The summed E-state index contributed by atoms with van der Waals surface area (Å²) in [7, 11) is 1.85. The SMILES string of the molecule is CCCc1nc(NN)cc(NCCc2ncn(C)n2)n1. The summed E-state index contributed by atoms with van der Waals surface area (Å²) in [5.74, 6) is 8.37. The molecule has 0 spiro atoms. The quantitative estimate of drug-likeness (QED) is 0.499. The summed E-state index contributed by atoms with van der Waals surface area (Å²) in [4.78, 5) is 12.9. The Morgan fingerprint density at radius 2 is 2.00 bits per heavy atom. The lowest BCUT2D eigenvalue weighted by atomic mass is 10.3. The Labute approximate surface area is 117 Å². The van der Waals surface area contributed by atoms with Crippen LogP contribution in [0.3, 0.4) is 0 Å². The molecule has 8 nitrogen and oxygen atoms in total. The van der Waals surface area contributed by atoms with Gasteiger partial charge in [-0.25, -0.2) is 20.8 Å². The second-order valence-electron chi connectivity index (χ2n) is 4.46. The van der Waals surface area contributed by atoms with Crippen LogP contribution >= 0.6 is 0 Å². The minimum Gasteiger partial charge on any atom is -0.369 e. The molecule has 0 bridgehead atoms. The van der Waals surface area contributed by atoms with E-state index in [0.717, 1.165) is 36.7 Å². The van der Waals surface area contributed by atoms with Crippen molar-refractivity contribution in [1.29, 1.82) is 0 Å². The molecule has 0 aliphatic heterocycles. The van der Waals surface area contributed by atoms with Gasteiger partial charge in [0.15, 0.2) is 5.82 Å². The van der Waals surface area contributed by atoms with Crippen LogP contribution in [0.4, 0.5) is 11.6 Å². The fourth-order valence-electron chi connectivity index (χ4n) is 1.80. The van der Waals surface area contributed by atoms with Gasteiger partial charge in [-0.05, 0) is 6.42 Å². The standard InChI is InChI=1S/C12H20N8/c1-3-4-10-16-11(7-12(17-10)18-13)14-6-5-9-15-8-20(2)19-9/h7-8H,3-6,13H2,1-2H3,(H2,14,16,17,18). The summed E-state index contributed by atoms with van der Waals surface area (Å²) in [6.07, 6.45) is 4.24. The largest absolute Gasteiger partial charge is 0.369 e. The first-order valence-electron chi connectivity index (χ1n) is 6.64. The van der Waals surface area contributed by atoms with Crippen molar-refractivity contribution < 1.29 is 0 Å². The van der Waals surface area contributed by atoms with E-state index in [2.05, 4.69) is 37.7 Å². The van der Waals surface area contributed by atoms with E-state index in [1.165, 1.54) is 0 Å². The summed E-state index contributed by atoms with van der Waals surface area (Å²) in [5, 5.41) is 7.46. The fourth-order valence-corrected chi connectivity index (χ4v) is 1.80. The second-order valence-corrected chi connectivity index (χ2v) is 4.46. The molecule has 0 amide bonds. The van der Waals surface area contributed by atoms with Gasteiger partial charge in [-0.1, -0.05) is 6.92 Å². The van der Waals surface area contributed by atoms with Crippen molar-refractivity contribution in [3.05, 3.63) is 24.0 Å². The second kappa shape index (κ2) is 6.80. The van der Waals surface area contributed by atoms with E-state index in [-0.39, 0.29) is 0 Å². The molecule has 20 heavy (non-hydrogen) atoms. The average Bonchev–Trinajstić information content (AvgIpc) is 2.84. The van der Waals surface area contributed by atoms with Crippen LogP contribution in [-0.4, -0.2) is 31.3 Å². The monoisotopic (exact) mass is 276 g/mol. The predicted molar refractivity (Wildman–Crippen MR) is 77.0 cm³/mol. The third-order valence-electron chi connectivity index (χ3n) is 2.70. The average molecular weight is 276 g/mol. The van der Waals surface area contributed by atoms with E-state index in [9.17, 15) is 0 Å². The number of nitrogens with two attached hydrogens (primary N) is 1. The molecule has 2 aromatic heterocycles. The van der Waals surface area contributed by atoms with Gasteiger partial charge in [0.05, 0.1) is 0 Å². The molecule has 0 unspecified atom stereocenters. The lowest BCUT2D eigenvalue weighted by Crippen LogP contribution is -2.13. The van der Waals surface area contributed by atoms with Gasteiger partial charge in [0.1, 0.15) is 23.8 Å². The third-order valence-corrected chi connectivity index (χ3v) is 2.70. The Bertz CT molecular complexity index is 550. The Morgan fingerprint density at radius 3 is 2.65 bits per heavy atom. The Hall–Kier alpha value is -2.22. The van der Waals surface area contributed by atoms with E-state index >= 15 is 0 Å². The van der Waals surface area contributed by atoms with Crippen molar-refractivity contribution in [2.45, 2.75) is 26.2 Å². The smallest absolute Gasteiger partial charge is 0.152 e. The zero-order valence-electron chi connectivity index (χ0n) is 11.8. The maximum absolute atomic E-state index is 5.42. The molecular formula is C12H20N8. The molecule has 0 aliphatic carbocycles. The first kappa shape index (κ1) is 14.2. The molecule has 2 heterocycles. The molecule has 0 fully saturated rings. The Balaban J connectivity index is 1.95. The molecular weight excluding hydrogens is 256 g/mol. The predicted octanol–water partition coefficient (Wildman–Crippen LogP) is 0.498. The van der Waals surface area contributed by atoms with E-state index in [1.807, 2.05) is 7.05 Å². The third kappa shape index (κ3) is 3.89. The van der Waals surface area contributed by atoms with Crippen molar-refractivity contribution in [1.82, 2.24) is 24.7 Å². The van der Waals surface area contributed by atoms with Gasteiger partial charge in [0.2, 0.25) is 0 Å². The van der Waals surface area contributed by atoms with Crippen LogP contribution in [0.2, 0.25) is 0 Å². The first-order valence-corrected chi connectivity index (χ1v) is 6.64. The number of nitrogen functional groups attached to an aromatic ring is 1. The molecule has 0 aliphatic rings. The molecule has 0 saturated carbocycles. The van der Waals surface area contributed by atoms with E-state index < -0.39 is 0 Å². The highest BCUT2D eigenvalue weighted by molar-refractivity contribution is 5.46. The Kier molecular flexibility index (Phi) is 4.83. The van der Waals surface area contributed by atoms with Crippen LogP contribution in [-0.2, 0) is 19.9 Å². The molecule has 108 valence electrons.